The van der Waals surface area contributed by atoms with Crippen molar-refractivity contribution in [1.29, 1.82) is 0 Å². The van der Waals surface area contributed by atoms with Crippen molar-refractivity contribution in [2.75, 3.05) is 26.2 Å². The van der Waals surface area contributed by atoms with Crippen LogP contribution in [-0.4, -0.2) is 54.7 Å². The molecule has 1 amide bonds. The molecule has 3 rings (SSSR count). The molecule has 0 bridgehead atoms. The Kier molecular flexibility index (Phi) is 7.43. The van der Waals surface area contributed by atoms with Gasteiger partial charge in [0.2, 0.25) is 15.9 Å². The zero-order valence-electron chi connectivity index (χ0n) is 17.1. The van der Waals surface area contributed by atoms with Crippen LogP contribution in [0.25, 0.3) is 0 Å². The van der Waals surface area contributed by atoms with E-state index < -0.39 is 10.0 Å². The highest BCUT2D eigenvalue weighted by atomic mass is 32.2. The fourth-order valence-corrected chi connectivity index (χ4v) is 6.02. The van der Waals surface area contributed by atoms with Gasteiger partial charge >= 0.3 is 0 Å². The van der Waals surface area contributed by atoms with E-state index in [1.807, 2.05) is 42.5 Å². The number of nitrogens with zero attached hydrogens (tertiary/aromatic N) is 3. The molecular weight excluding hydrogens is 406 g/mol. The van der Waals surface area contributed by atoms with Crippen LogP contribution in [0.2, 0.25) is 0 Å². The molecule has 158 valence electrons. The van der Waals surface area contributed by atoms with Crippen LogP contribution in [0.4, 0.5) is 0 Å². The second-order valence-corrected chi connectivity index (χ2v) is 10.1. The van der Waals surface area contributed by atoms with Crippen LogP contribution in [-0.2, 0) is 21.2 Å². The van der Waals surface area contributed by atoms with E-state index in [4.69, 9.17) is 0 Å². The number of hydrogen-bond acceptors (Lipinski definition) is 5. The molecule has 0 N–H and O–H groups in total. The molecule has 29 heavy (non-hydrogen) atoms. The summed E-state index contributed by atoms with van der Waals surface area (Å²) in [6, 6.07) is 6.93. The van der Waals surface area contributed by atoms with Gasteiger partial charge in [-0.1, -0.05) is 26.0 Å². The Hall–Kier alpha value is -1.77. The number of piperidine rings is 1. The highest BCUT2D eigenvalue weighted by Crippen LogP contribution is 2.28. The Labute approximate surface area is 177 Å². The molecule has 0 saturated carbocycles. The maximum atomic E-state index is 12.7. The van der Waals surface area contributed by atoms with E-state index in [-0.39, 0.29) is 5.91 Å². The van der Waals surface area contributed by atoms with Crippen LogP contribution in [0.15, 0.2) is 40.7 Å². The second-order valence-electron chi connectivity index (χ2n) is 7.28. The lowest BCUT2D eigenvalue weighted by atomic mass is 9.98. The van der Waals surface area contributed by atoms with Crippen molar-refractivity contribution < 1.29 is 13.2 Å². The second kappa shape index (κ2) is 9.82. The summed E-state index contributed by atoms with van der Waals surface area (Å²) >= 11 is 1.66. The van der Waals surface area contributed by atoms with E-state index in [9.17, 15) is 13.2 Å². The molecule has 0 spiro atoms. The average molecular weight is 436 g/mol. The molecule has 1 aromatic carbocycles. The predicted octanol–water partition coefficient (Wildman–Crippen LogP) is 3.51. The SMILES string of the molecule is CCN(CC)S(=O)(=O)c1ccc(CCC(=O)N2CCCC(c3nccs3)C2)cc1. The Morgan fingerprint density at radius 2 is 1.97 bits per heavy atom. The summed E-state index contributed by atoms with van der Waals surface area (Å²) in [7, 11) is -3.44. The van der Waals surface area contributed by atoms with Gasteiger partial charge in [-0.3, -0.25) is 4.79 Å². The molecule has 0 aliphatic carbocycles. The summed E-state index contributed by atoms with van der Waals surface area (Å²) in [6.07, 6.45) is 4.97. The van der Waals surface area contributed by atoms with Crippen LogP contribution in [0, 0.1) is 0 Å². The van der Waals surface area contributed by atoms with Crippen molar-refractivity contribution in [2.24, 2.45) is 0 Å². The van der Waals surface area contributed by atoms with Gasteiger partial charge in [0.05, 0.1) is 9.90 Å². The van der Waals surface area contributed by atoms with Crippen molar-refractivity contribution in [3.8, 4) is 0 Å². The summed E-state index contributed by atoms with van der Waals surface area (Å²) in [5.74, 6) is 0.503. The van der Waals surface area contributed by atoms with Gasteiger partial charge in [0, 0.05) is 50.1 Å². The summed E-state index contributed by atoms with van der Waals surface area (Å²) in [4.78, 5) is 19.4. The number of amides is 1. The van der Waals surface area contributed by atoms with Gasteiger partial charge in [-0.15, -0.1) is 11.3 Å². The number of rotatable bonds is 8. The minimum atomic E-state index is -3.44. The lowest BCUT2D eigenvalue weighted by molar-refractivity contribution is -0.132. The van der Waals surface area contributed by atoms with Gasteiger partial charge in [-0.05, 0) is 37.0 Å². The Morgan fingerprint density at radius 1 is 1.24 bits per heavy atom. The Balaban J connectivity index is 1.56. The monoisotopic (exact) mass is 435 g/mol. The Bertz CT molecular complexity index is 892. The third kappa shape index (κ3) is 5.24. The number of likely N-dealkylation sites (tertiary alicyclic amines) is 1. The molecule has 1 aromatic heterocycles. The van der Waals surface area contributed by atoms with Crippen molar-refractivity contribution in [3.05, 3.63) is 46.4 Å². The molecule has 2 heterocycles. The molecule has 1 atom stereocenters. The van der Waals surface area contributed by atoms with E-state index in [1.54, 1.807) is 23.5 Å². The van der Waals surface area contributed by atoms with Crippen molar-refractivity contribution >= 4 is 27.3 Å². The minimum absolute atomic E-state index is 0.158. The molecule has 1 aliphatic heterocycles. The zero-order valence-corrected chi connectivity index (χ0v) is 18.7. The lowest BCUT2D eigenvalue weighted by Gasteiger charge is -2.32. The lowest BCUT2D eigenvalue weighted by Crippen LogP contribution is -2.39. The van der Waals surface area contributed by atoms with Crippen LogP contribution in [0.1, 0.15) is 49.6 Å². The van der Waals surface area contributed by atoms with E-state index in [1.165, 1.54) is 4.31 Å². The molecule has 6 nitrogen and oxygen atoms in total. The van der Waals surface area contributed by atoms with Crippen LogP contribution in [0.5, 0.6) is 0 Å². The highest BCUT2D eigenvalue weighted by molar-refractivity contribution is 7.89. The Morgan fingerprint density at radius 3 is 2.59 bits per heavy atom. The van der Waals surface area contributed by atoms with Gasteiger partial charge in [-0.2, -0.15) is 4.31 Å². The first-order valence-corrected chi connectivity index (χ1v) is 12.5. The molecule has 0 radical (unpaired) electrons. The topological polar surface area (TPSA) is 70.6 Å². The smallest absolute Gasteiger partial charge is 0.243 e. The standard InChI is InChI=1S/C21H29N3O3S2/c1-3-24(4-2)29(26,27)19-10-7-17(8-11-19)9-12-20(25)23-14-5-6-18(16-23)21-22-13-15-28-21/h7-8,10-11,13,15,18H,3-6,9,12,14,16H2,1-2H3. The first kappa shape index (κ1) is 21.9. The van der Waals surface area contributed by atoms with Crippen molar-refractivity contribution in [3.63, 3.8) is 0 Å². The third-order valence-corrected chi connectivity index (χ3v) is 8.47. The maximum Gasteiger partial charge on any atom is 0.243 e. The molecular formula is C21H29N3O3S2. The fraction of sp³-hybridized carbons (Fsp3) is 0.524. The fourth-order valence-electron chi connectivity index (χ4n) is 3.79. The minimum Gasteiger partial charge on any atom is -0.342 e. The number of carbonyl (C=O) groups is 1. The normalized spacial score (nSPS) is 17.6. The number of thiazole rings is 1. The van der Waals surface area contributed by atoms with Gasteiger partial charge < -0.3 is 4.90 Å². The summed E-state index contributed by atoms with van der Waals surface area (Å²) in [5, 5.41) is 3.10. The van der Waals surface area contributed by atoms with Gasteiger partial charge in [-0.25, -0.2) is 13.4 Å². The molecule has 2 aromatic rings. The van der Waals surface area contributed by atoms with Gasteiger partial charge in [0.1, 0.15) is 0 Å². The van der Waals surface area contributed by atoms with E-state index in [0.717, 1.165) is 36.5 Å². The number of aryl methyl sites for hydroxylation is 1. The first-order chi connectivity index (χ1) is 14.0. The van der Waals surface area contributed by atoms with Crippen LogP contribution >= 0.6 is 11.3 Å². The number of hydrogen-bond donors (Lipinski definition) is 0. The number of benzene rings is 1. The molecule has 1 unspecified atom stereocenters. The van der Waals surface area contributed by atoms with Crippen molar-refractivity contribution in [1.82, 2.24) is 14.2 Å². The zero-order chi connectivity index (χ0) is 20.9. The number of carbonyl (C=O) groups excluding carboxylic acids is 1. The predicted molar refractivity (Wildman–Crippen MR) is 116 cm³/mol. The maximum absolute atomic E-state index is 12.7. The van der Waals surface area contributed by atoms with Gasteiger partial charge in [0.25, 0.3) is 0 Å². The number of aromatic nitrogens is 1. The van der Waals surface area contributed by atoms with Crippen LogP contribution < -0.4 is 0 Å². The molecule has 1 aliphatic rings. The summed E-state index contributed by atoms with van der Waals surface area (Å²) < 4.78 is 26.6. The average Bonchev–Trinajstić information content (AvgIpc) is 3.28. The van der Waals surface area contributed by atoms with Gasteiger partial charge in [0.15, 0.2) is 0 Å². The quantitative estimate of drug-likeness (QED) is 0.636. The first-order valence-electron chi connectivity index (χ1n) is 10.2. The molecule has 1 fully saturated rings. The van der Waals surface area contributed by atoms with Crippen molar-refractivity contribution in [2.45, 2.75) is 50.3 Å². The molecule has 1 saturated heterocycles. The van der Waals surface area contributed by atoms with E-state index in [2.05, 4.69) is 4.98 Å². The third-order valence-electron chi connectivity index (χ3n) is 5.47. The van der Waals surface area contributed by atoms with Crippen LogP contribution in [0.3, 0.4) is 0 Å². The highest BCUT2D eigenvalue weighted by Gasteiger charge is 2.26. The summed E-state index contributed by atoms with van der Waals surface area (Å²) in [5.41, 5.74) is 0.977. The van der Waals surface area contributed by atoms with E-state index >= 15 is 0 Å². The number of sulfonamides is 1. The molecule has 8 heteroatoms. The van der Waals surface area contributed by atoms with E-state index in [0.29, 0.717) is 36.7 Å². The largest absolute Gasteiger partial charge is 0.342 e. The summed E-state index contributed by atoms with van der Waals surface area (Å²) in [6.45, 7) is 6.12.